The highest BCUT2D eigenvalue weighted by Crippen LogP contribution is 2.26. The van der Waals surface area contributed by atoms with Crippen LogP contribution in [-0.2, 0) is 0 Å². The van der Waals surface area contributed by atoms with E-state index in [4.69, 9.17) is 11.5 Å². The summed E-state index contributed by atoms with van der Waals surface area (Å²) in [5, 5.41) is 3.17. The first kappa shape index (κ1) is 13.4. The van der Waals surface area contributed by atoms with Gasteiger partial charge in [-0.15, -0.1) is 0 Å². The first-order valence-corrected chi connectivity index (χ1v) is 6.48. The van der Waals surface area contributed by atoms with Crippen molar-refractivity contribution >= 4 is 38.9 Å². The molecule has 5 heteroatoms. The smallest absolute Gasteiger partial charge is 0.250 e. The van der Waals surface area contributed by atoms with Gasteiger partial charge in [-0.05, 0) is 48.9 Å². The molecule has 0 saturated heterocycles. The van der Waals surface area contributed by atoms with Gasteiger partial charge in [-0.2, -0.15) is 0 Å². The summed E-state index contributed by atoms with van der Waals surface area (Å²) in [6.45, 7) is 1.99. The van der Waals surface area contributed by atoms with Crippen LogP contribution in [0.15, 0.2) is 40.9 Å². The molecular formula is C14H14BrN3O. The van der Waals surface area contributed by atoms with Crippen molar-refractivity contribution in [1.29, 1.82) is 0 Å². The first-order valence-electron chi connectivity index (χ1n) is 5.69. The van der Waals surface area contributed by atoms with Crippen LogP contribution in [0.25, 0.3) is 0 Å². The van der Waals surface area contributed by atoms with E-state index < -0.39 is 5.91 Å². The summed E-state index contributed by atoms with van der Waals surface area (Å²) >= 11 is 3.43. The van der Waals surface area contributed by atoms with Gasteiger partial charge in [-0.3, -0.25) is 4.79 Å². The van der Waals surface area contributed by atoms with Gasteiger partial charge in [0.15, 0.2) is 0 Å². The minimum Gasteiger partial charge on any atom is -0.399 e. The second kappa shape index (κ2) is 5.32. The van der Waals surface area contributed by atoms with Crippen LogP contribution in [0.3, 0.4) is 0 Å². The Kier molecular flexibility index (Phi) is 3.76. The number of carbonyl (C=O) groups excluding carboxylic acids is 1. The second-order valence-electron chi connectivity index (χ2n) is 4.31. The van der Waals surface area contributed by atoms with E-state index in [2.05, 4.69) is 21.2 Å². The Hall–Kier alpha value is -2.01. The van der Waals surface area contributed by atoms with Crippen molar-refractivity contribution in [1.82, 2.24) is 0 Å². The topological polar surface area (TPSA) is 81.1 Å². The number of amides is 1. The number of aryl methyl sites for hydroxylation is 1. The third kappa shape index (κ3) is 3.26. The monoisotopic (exact) mass is 319 g/mol. The van der Waals surface area contributed by atoms with Crippen LogP contribution >= 0.6 is 15.9 Å². The normalized spacial score (nSPS) is 10.2. The minimum atomic E-state index is -0.491. The number of halogens is 1. The maximum atomic E-state index is 11.4. The summed E-state index contributed by atoms with van der Waals surface area (Å²) in [4.78, 5) is 11.4. The molecule has 0 radical (unpaired) electrons. The average molecular weight is 320 g/mol. The molecule has 0 spiro atoms. The lowest BCUT2D eigenvalue weighted by molar-refractivity contribution is 0.100. The average Bonchev–Trinajstić information content (AvgIpc) is 2.26. The number of carbonyl (C=O) groups is 1. The van der Waals surface area contributed by atoms with E-state index in [1.807, 2.05) is 25.1 Å². The van der Waals surface area contributed by atoms with Crippen LogP contribution in [0.5, 0.6) is 0 Å². The molecule has 2 aromatic carbocycles. The van der Waals surface area contributed by atoms with Crippen molar-refractivity contribution in [3.8, 4) is 0 Å². The maximum Gasteiger partial charge on any atom is 0.250 e. The van der Waals surface area contributed by atoms with Crippen molar-refractivity contribution in [2.45, 2.75) is 6.92 Å². The number of hydrogen-bond donors (Lipinski definition) is 3. The first-order chi connectivity index (χ1) is 8.95. The number of rotatable bonds is 3. The van der Waals surface area contributed by atoms with Gasteiger partial charge in [0, 0.05) is 15.8 Å². The highest BCUT2D eigenvalue weighted by atomic mass is 79.9. The number of benzene rings is 2. The summed E-state index contributed by atoms with van der Waals surface area (Å²) in [5.74, 6) is -0.491. The van der Waals surface area contributed by atoms with Gasteiger partial charge in [0.2, 0.25) is 0 Å². The molecule has 5 N–H and O–H groups in total. The standard InChI is InChI=1S/C14H14BrN3O/c1-8-4-9(15)6-11(5-8)18-13-7-10(16)2-3-12(13)14(17)19/h2-7,18H,16H2,1H3,(H2,17,19). The molecule has 98 valence electrons. The molecule has 0 fully saturated rings. The zero-order chi connectivity index (χ0) is 14.0. The van der Waals surface area contributed by atoms with Crippen LogP contribution in [-0.4, -0.2) is 5.91 Å². The Labute approximate surface area is 119 Å². The number of primary amides is 1. The molecule has 0 saturated carbocycles. The lowest BCUT2D eigenvalue weighted by Gasteiger charge is -2.12. The number of nitrogens with one attached hydrogen (secondary N) is 1. The van der Waals surface area contributed by atoms with Gasteiger partial charge in [0.1, 0.15) is 0 Å². The molecule has 2 rings (SSSR count). The van der Waals surface area contributed by atoms with Crippen LogP contribution in [0.4, 0.5) is 17.1 Å². The van der Waals surface area contributed by atoms with Crippen LogP contribution in [0, 0.1) is 6.92 Å². The zero-order valence-electron chi connectivity index (χ0n) is 10.4. The summed E-state index contributed by atoms with van der Waals surface area (Å²) in [7, 11) is 0. The van der Waals surface area contributed by atoms with Crippen molar-refractivity contribution in [2.24, 2.45) is 5.73 Å². The fourth-order valence-corrected chi connectivity index (χ4v) is 2.45. The molecule has 0 aliphatic heterocycles. The maximum absolute atomic E-state index is 11.4. The predicted molar refractivity (Wildman–Crippen MR) is 81.5 cm³/mol. The summed E-state index contributed by atoms with van der Waals surface area (Å²) in [6, 6.07) is 10.8. The van der Waals surface area contributed by atoms with Crippen molar-refractivity contribution in [3.63, 3.8) is 0 Å². The van der Waals surface area contributed by atoms with Gasteiger partial charge in [-0.25, -0.2) is 0 Å². The molecule has 1 amide bonds. The Morgan fingerprint density at radius 3 is 2.58 bits per heavy atom. The molecule has 4 nitrogen and oxygen atoms in total. The number of anilines is 3. The third-order valence-electron chi connectivity index (χ3n) is 2.63. The molecule has 2 aromatic rings. The highest BCUT2D eigenvalue weighted by Gasteiger charge is 2.09. The molecule has 0 aromatic heterocycles. The minimum absolute atomic E-state index is 0.409. The molecule has 0 aliphatic rings. The fraction of sp³-hybridized carbons (Fsp3) is 0.0714. The predicted octanol–water partition coefficient (Wildman–Crippen LogP) is 3.18. The van der Waals surface area contributed by atoms with Gasteiger partial charge in [-0.1, -0.05) is 15.9 Å². The Bertz CT molecular complexity index is 620. The van der Waals surface area contributed by atoms with Gasteiger partial charge in [0.25, 0.3) is 5.91 Å². The lowest BCUT2D eigenvalue weighted by atomic mass is 10.1. The van der Waals surface area contributed by atoms with Crippen molar-refractivity contribution in [2.75, 3.05) is 11.1 Å². The fourth-order valence-electron chi connectivity index (χ4n) is 1.84. The van der Waals surface area contributed by atoms with E-state index in [0.717, 1.165) is 15.7 Å². The van der Waals surface area contributed by atoms with Crippen LogP contribution in [0.2, 0.25) is 0 Å². The Balaban J connectivity index is 2.42. The lowest BCUT2D eigenvalue weighted by Crippen LogP contribution is -2.13. The molecule has 0 bridgehead atoms. The molecule has 19 heavy (non-hydrogen) atoms. The molecule has 0 heterocycles. The van der Waals surface area contributed by atoms with Crippen molar-refractivity contribution < 1.29 is 4.79 Å². The van der Waals surface area contributed by atoms with Gasteiger partial charge in [0.05, 0.1) is 11.3 Å². The van der Waals surface area contributed by atoms with Crippen LogP contribution < -0.4 is 16.8 Å². The Morgan fingerprint density at radius 1 is 1.21 bits per heavy atom. The molecule has 0 aliphatic carbocycles. The highest BCUT2D eigenvalue weighted by molar-refractivity contribution is 9.10. The summed E-state index contributed by atoms with van der Waals surface area (Å²) in [5.41, 5.74) is 14.6. The number of hydrogen-bond acceptors (Lipinski definition) is 3. The van der Waals surface area contributed by atoms with Crippen LogP contribution in [0.1, 0.15) is 15.9 Å². The molecule has 0 unspecified atom stereocenters. The quantitative estimate of drug-likeness (QED) is 0.760. The van der Waals surface area contributed by atoms with E-state index in [1.54, 1.807) is 18.2 Å². The second-order valence-corrected chi connectivity index (χ2v) is 5.23. The number of nitrogens with two attached hydrogens (primary N) is 2. The van der Waals surface area contributed by atoms with E-state index in [0.29, 0.717) is 16.9 Å². The van der Waals surface area contributed by atoms with E-state index in [-0.39, 0.29) is 0 Å². The molecule has 0 atom stereocenters. The van der Waals surface area contributed by atoms with Crippen molar-refractivity contribution in [3.05, 3.63) is 52.0 Å². The van der Waals surface area contributed by atoms with E-state index in [1.165, 1.54) is 0 Å². The van der Waals surface area contributed by atoms with Gasteiger partial charge >= 0.3 is 0 Å². The number of nitrogen functional groups attached to an aromatic ring is 1. The zero-order valence-corrected chi connectivity index (χ0v) is 12.0. The van der Waals surface area contributed by atoms with E-state index >= 15 is 0 Å². The van der Waals surface area contributed by atoms with E-state index in [9.17, 15) is 4.79 Å². The SMILES string of the molecule is Cc1cc(Br)cc(Nc2cc(N)ccc2C(N)=O)c1. The summed E-state index contributed by atoms with van der Waals surface area (Å²) < 4.78 is 0.958. The largest absolute Gasteiger partial charge is 0.399 e. The summed E-state index contributed by atoms with van der Waals surface area (Å²) in [6.07, 6.45) is 0. The van der Waals surface area contributed by atoms with Gasteiger partial charge < -0.3 is 16.8 Å². The molecular weight excluding hydrogens is 306 g/mol. The Morgan fingerprint density at radius 2 is 1.95 bits per heavy atom. The third-order valence-corrected chi connectivity index (χ3v) is 3.09.